The fourth-order valence-electron chi connectivity index (χ4n) is 2.79. The van der Waals surface area contributed by atoms with Crippen molar-refractivity contribution < 1.29 is 0 Å². The first-order valence-corrected chi connectivity index (χ1v) is 7.40. The van der Waals surface area contributed by atoms with Crippen LogP contribution in [0.1, 0.15) is 38.8 Å². The Balaban J connectivity index is 1.72. The van der Waals surface area contributed by atoms with E-state index in [1.54, 1.807) is 0 Å². The van der Waals surface area contributed by atoms with Crippen LogP contribution in [0.3, 0.4) is 0 Å². The van der Waals surface area contributed by atoms with Crippen LogP contribution in [0.15, 0.2) is 18.3 Å². The Bertz CT molecular complexity index is 339. The maximum absolute atomic E-state index is 3.60. The molecule has 2 rings (SSSR count). The van der Waals surface area contributed by atoms with Crippen LogP contribution in [0, 0.1) is 0 Å². The maximum atomic E-state index is 3.60. The number of nitrogens with zero attached hydrogens (tertiary/aromatic N) is 2. The minimum atomic E-state index is 0.669. The first kappa shape index (κ1) is 13.6. The van der Waals surface area contributed by atoms with Crippen molar-refractivity contribution in [3.8, 4) is 0 Å². The average molecular weight is 249 g/mol. The van der Waals surface area contributed by atoms with E-state index in [2.05, 4.69) is 47.0 Å². The van der Waals surface area contributed by atoms with E-state index in [-0.39, 0.29) is 0 Å². The number of nitrogens with one attached hydrogen (secondary N) is 1. The summed E-state index contributed by atoms with van der Waals surface area (Å²) in [5.41, 5.74) is 1.41. The molecular formula is C15H27N3. The zero-order valence-corrected chi connectivity index (χ0v) is 11.9. The molecule has 3 heteroatoms. The molecule has 0 aliphatic carbocycles. The van der Waals surface area contributed by atoms with Crippen molar-refractivity contribution in [2.24, 2.45) is 0 Å². The summed E-state index contributed by atoms with van der Waals surface area (Å²) in [6.07, 6.45) is 6.14. The van der Waals surface area contributed by atoms with Crippen LogP contribution in [-0.4, -0.2) is 35.1 Å². The fourth-order valence-corrected chi connectivity index (χ4v) is 2.79. The molecule has 0 spiro atoms. The lowest BCUT2D eigenvalue weighted by molar-refractivity contribution is 0.251. The predicted octanol–water partition coefficient (Wildman–Crippen LogP) is 2.47. The molecule has 3 nitrogen and oxygen atoms in total. The molecular weight excluding hydrogens is 222 g/mol. The van der Waals surface area contributed by atoms with Gasteiger partial charge >= 0.3 is 0 Å². The summed E-state index contributed by atoms with van der Waals surface area (Å²) >= 11 is 0. The zero-order chi connectivity index (χ0) is 12.8. The van der Waals surface area contributed by atoms with Crippen LogP contribution in [-0.2, 0) is 13.1 Å². The summed E-state index contributed by atoms with van der Waals surface area (Å²) < 4.78 is 2.35. The van der Waals surface area contributed by atoms with E-state index < -0.39 is 0 Å². The molecule has 1 fully saturated rings. The molecule has 1 unspecified atom stereocenters. The van der Waals surface area contributed by atoms with Crippen molar-refractivity contribution in [1.29, 1.82) is 0 Å². The van der Waals surface area contributed by atoms with E-state index >= 15 is 0 Å². The Labute approximate surface area is 111 Å². The highest BCUT2D eigenvalue weighted by molar-refractivity contribution is 5.06. The molecule has 1 aliphatic heterocycles. The van der Waals surface area contributed by atoms with Gasteiger partial charge in [0.2, 0.25) is 0 Å². The quantitative estimate of drug-likeness (QED) is 0.801. The molecule has 1 aromatic heterocycles. The summed E-state index contributed by atoms with van der Waals surface area (Å²) in [5, 5.41) is 3.60. The molecule has 1 N–H and O–H groups in total. The van der Waals surface area contributed by atoms with Crippen molar-refractivity contribution in [2.75, 3.05) is 19.6 Å². The van der Waals surface area contributed by atoms with Crippen LogP contribution in [0.4, 0.5) is 0 Å². The van der Waals surface area contributed by atoms with Gasteiger partial charge in [0.1, 0.15) is 0 Å². The Morgan fingerprint density at radius 2 is 2.11 bits per heavy atom. The van der Waals surface area contributed by atoms with Gasteiger partial charge in [-0.25, -0.2) is 0 Å². The van der Waals surface area contributed by atoms with E-state index in [0.717, 1.165) is 19.6 Å². The number of likely N-dealkylation sites (tertiary alicyclic amines) is 1. The number of hydrogen-bond donors (Lipinski definition) is 1. The molecule has 102 valence electrons. The highest BCUT2D eigenvalue weighted by atomic mass is 15.2. The van der Waals surface area contributed by atoms with Gasteiger partial charge in [-0.1, -0.05) is 6.92 Å². The van der Waals surface area contributed by atoms with E-state index in [0.29, 0.717) is 6.04 Å². The highest BCUT2D eigenvalue weighted by Crippen LogP contribution is 2.11. The van der Waals surface area contributed by atoms with Gasteiger partial charge in [0.05, 0.1) is 0 Å². The van der Waals surface area contributed by atoms with Gasteiger partial charge in [0, 0.05) is 37.6 Å². The van der Waals surface area contributed by atoms with Gasteiger partial charge < -0.3 is 9.88 Å². The van der Waals surface area contributed by atoms with Crippen LogP contribution >= 0.6 is 0 Å². The maximum Gasteiger partial charge on any atom is 0.0359 e. The molecule has 0 radical (unpaired) electrons. The third kappa shape index (κ3) is 3.59. The second-order valence-electron chi connectivity index (χ2n) is 5.42. The first-order chi connectivity index (χ1) is 8.81. The molecule has 18 heavy (non-hydrogen) atoms. The topological polar surface area (TPSA) is 20.2 Å². The molecule has 0 amide bonds. The zero-order valence-electron chi connectivity index (χ0n) is 11.9. The third-order valence-electron chi connectivity index (χ3n) is 3.90. The number of aromatic nitrogens is 1. The second kappa shape index (κ2) is 6.95. The van der Waals surface area contributed by atoms with Gasteiger partial charge in [-0.2, -0.15) is 0 Å². The van der Waals surface area contributed by atoms with Gasteiger partial charge in [-0.15, -0.1) is 0 Å². The summed E-state index contributed by atoms with van der Waals surface area (Å²) in [5.74, 6) is 0. The molecule has 0 bridgehead atoms. The Morgan fingerprint density at radius 1 is 1.33 bits per heavy atom. The highest BCUT2D eigenvalue weighted by Gasteiger charge is 2.17. The third-order valence-corrected chi connectivity index (χ3v) is 3.90. The molecule has 1 aromatic rings. The largest absolute Gasteiger partial charge is 0.350 e. The minimum absolute atomic E-state index is 0.669. The lowest BCUT2D eigenvalue weighted by Gasteiger charge is -2.24. The lowest BCUT2D eigenvalue weighted by Crippen LogP contribution is -2.38. The summed E-state index contributed by atoms with van der Waals surface area (Å²) in [6.45, 7) is 10.4. The SMILES string of the molecule is CCCn1cccc1CNCC(C)N1CCCC1. The normalized spacial score (nSPS) is 18.3. The second-order valence-corrected chi connectivity index (χ2v) is 5.42. The van der Waals surface area contributed by atoms with Crippen LogP contribution in [0.2, 0.25) is 0 Å². The fraction of sp³-hybridized carbons (Fsp3) is 0.733. The molecule has 0 saturated carbocycles. The summed E-state index contributed by atoms with van der Waals surface area (Å²) in [7, 11) is 0. The van der Waals surface area contributed by atoms with Gasteiger partial charge in [0.15, 0.2) is 0 Å². The van der Waals surface area contributed by atoms with Crippen LogP contribution < -0.4 is 5.32 Å². The van der Waals surface area contributed by atoms with Gasteiger partial charge in [-0.05, 0) is 51.4 Å². The Hall–Kier alpha value is -0.800. The smallest absolute Gasteiger partial charge is 0.0359 e. The Kier molecular flexibility index (Phi) is 5.26. The lowest BCUT2D eigenvalue weighted by atomic mass is 10.3. The monoisotopic (exact) mass is 249 g/mol. The van der Waals surface area contributed by atoms with Crippen molar-refractivity contribution in [3.05, 3.63) is 24.0 Å². The Morgan fingerprint density at radius 3 is 2.83 bits per heavy atom. The first-order valence-electron chi connectivity index (χ1n) is 7.40. The molecule has 1 saturated heterocycles. The van der Waals surface area contributed by atoms with Gasteiger partial charge in [0.25, 0.3) is 0 Å². The number of aryl methyl sites for hydroxylation is 1. The van der Waals surface area contributed by atoms with E-state index in [1.807, 2.05) is 0 Å². The standard InChI is InChI=1S/C15H27N3/c1-3-8-18-11-6-7-15(18)13-16-12-14(2)17-9-4-5-10-17/h6-7,11,14,16H,3-5,8-10,12-13H2,1-2H3. The average Bonchev–Trinajstić information content (AvgIpc) is 3.01. The van der Waals surface area contributed by atoms with E-state index in [4.69, 9.17) is 0 Å². The van der Waals surface area contributed by atoms with Crippen molar-refractivity contribution in [3.63, 3.8) is 0 Å². The predicted molar refractivity (Wildman–Crippen MR) is 76.7 cm³/mol. The van der Waals surface area contributed by atoms with E-state index in [9.17, 15) is 0 Å². The summed E-state index contributed by atoms with van der Waals surface area (Å²) in [4.78, 5) is 2.60. The van der Waals surface area contributed by atoms with Crippen molar-refractivity contribution in [1.82, 2.24) is 14.8 Å². The van der Waals surface area contributed by atoms with E-state index in [1.165, 1.54) is 38.0 Å². The van der Waals surface area contributed by atoms with Crippen molar-refractivity contribution in [2.45, 2.75) is 52.2 Å². The molecule has 0 aromatic carbocycles. The number of rotatable bonds is 7. The van der Waals surface area contributed by atoms with Gasteiger partial charge in [-0.3, -0.25) is 4.90 Å². The van der Waals surface area contributed by atoms with Crippen LogP contribution in [0.25, 0.3) is 0 Å². The minimum Gasteiger partial charge on any atom is -0.350 e. The molecule has 1 atom stereocenters. The molecule has 2 heterocycles. The van der Waals surface area contributed by atoms with Crippen molar-refractivity contribution >= 4 is 0 Å². The number of hydrogen-bond acceptors (Lipinski definition) is 2. The van der Waals surface area contributed by atoms with Crippen LogP contribution in [0.5, 0.6) is 0 Å². The summed E-state index contributed by atoms with van der Waals surface area (Å²) in [6, 6.07) is 5.04. The molecule has 1 aliphatic rings.